The summed E-state index contributed by atoms with van der Waals surface area (Å²) in [5, 5.41) is 7.00. The zero-order chi connectivity index (χ0) is 14.2. The number of anilines is 1. The summed E-state index contributed by atoms with van der Waals surface area (Å²) in [5.74, 6) is 0.523. The second kappa shape index (κ2) is 7.89. The van der Waals surface area contributed by atoms with Crippen LogP contribution in [0.4, 0.5) is 5.69 Å². The molecule has 1 aromatic rings. The van der Waals surface area contributed by atoms with Crippen molar-refractivity contribution in [3.05, 3.63) is 18.3 Å². The maximum absolute atomic E-state index is 7.00. The van der Waals surface area contributed by atoms with Crippen LogP contribution < -0.4 is 10.5 Å². The highest BCUT2D eigenvalue weighted by atomic mass is 16.5. The van der Waals surface area contributed by atoms with Gasteiger partial charge < -0.3 is 20.5 Å². The normalized spacial score (nSPS) is 10.8. The molecule has 5 heteroatoms. The van der Waals surface area contributed by atoms with Gasteiger partial charge >= 0.3 is 0 Å². The second-order valence-electron chi connectivity index (χ2n) is 5.09. The molecule has 1 heterocycles. The number of aliphatic hydroxyl groups excluding tert-OH is 1. The van der Waals surface area contributed by atoms with Crippen molar-refractivity contribution >= 4 is 5.69 Å². The molecular formula is C13H25N3O2. The Kier molecular flexibility index (Phi) is 7.31. The molecule has 3 N–H and O–H groups in total. The van der Waals surface area contributed by atoms with E-state index in [-0.39, 0.29) is 5.41 Å². The van der Waals surface area contributed by atoms with E-state index in [1.54, 1.807) is 18.3 Å². The summed E-state index contributed by atoms with van der Waals surface area (Å²) < 4.78 is 5.64. The van der Waals surface area contributed by atoms with E-state index in [0.717, 1.165) is 13.7 Å². The van der Waals surface area contributed by atoms with Crippen molar-refractivity contribution < 1.29 is 9.84 Å². The first kappa shape index (κ1) is 16.7. The Labute approximate surface area is 110 Å². The molecular weight excluding hydrogens is 230 g/mol. The lowest BCUT2D eigenvalue weighted by Gasteiger charge is -2.27. The fourth-order valence-corrected chi connectivity index (χ4v) is 1.69. The predicted octanol–water partition coefficient (Wildman–Crippen LogP) is 1.24. The van der Waals surface area contributed by atoms with Gasteiger partial charge in [-0.25, -0.2) is 4.98 Å². The Morgan fingerprint density at radius 2 is 2.00 bits per heavy atom. The molecule has 0 saturated heterocycles. The third kappa shape index (κ3) is 6.42. The van der Waals surface area contributed by atoms with Crippen LogP contribution in [0, 0.1) is 5.41 Å². The standard InChI is InChI=1S/C12H21N3O.CH4O/c1-12(2,8-15(3)4)9-16-11-10(13)6-5-7-14-11;1-2/h5-7H,8-9,13H2,1-4H3;2H,1H3. The van der Waals surface area contributed by atoms with E-state index in [2.05, 4.69) is 37.8 Å². The molecule has 0 radical (unpaired) electrons. The molecule has 0 aliphatic rings. The third-order valence-electron chi connectivity index (χ3n) is 2.14. The number of hydrogen-bond donors (Lipinski definition) is 2. The first-order valence-electron chi connectivity index (χ1n) is 5.83. The summed E-state index contributed by atoms with van der Waals surface area (Å²) >= 11 is 0. The van der Waals surface area contributed by atoms with Crippen LogP contribution >= 0.6 is 0 Å². The molecule has 0 bridgehead atoms. The minimum atomic E-state index is 0.0768. The summed E-state index contributed by atoms with van der Waals surface area (Å²) in [7, 11) is 5.10. The number of pyridine rings is 1. The van der Waals surface area contributed by atoms with Crippen LogP contribution in [-0.4, -0.2) is 49.3 Å². The van der Waals surface area contributed by atoms with E-state index in [1.807, 2.05) is 0 Å². The van der Waals surface area contributed by atoms with Gasteiger partial charge in [-0.3, -0.25) is 0 Å². The van der Waals surface area contributed by atoms with Crippen LogP contribution in [0.25, 0.3) is 0 Å². The van der Waals surface area contributed by atoms with Crippen molar-refractivity contribution in [1.29, 1.82) is 0 Å². The van der Waals surface area contributed by atoms with Crippen molar-refractivity contribution in [2.45, 2.75) is 13.8 Å². The SMILES string of the molecule is CN(C)CC(C)(C)COc1ncccc1N.CO. The average Bonchev–Trinajstić information content (AvgIpc) is 2.29. The number of aliphatic hydroxyl groups is 1. The van der Waals surface area contributed by atoms with Gasteiger partial charge in [0, 0.05) is 25.3 Å². The lowest BCUT2D eigenvalue weighted by atomic mass is 9.94. The summed E-state index contributed by atoms with van der Waals surface area (Å²) in [6.07, 6.45) is 1.69. The quantitative estimate of drug-likeness (QED) is 0.828. The monoisotopic (exact) mass is 255 g/mol. The molecule has 104 valence electrons. The summed E-state index contributed by atoms with van der Waals surface area (Å²) in [5.41, 5.74) is 6.42. The fraction of sp³-hybridized carbons (Fsp3) is 0.615. The first-order chi connectivity index (χ1) is 8.41. The van der Waals surface area contributed by atoms with Crippen LogP contribution in [-0.2, 0) is 0 Å². The van der Waals surface area contributed by atoms with Crippen LogP contribution in [0.3, 0.4) is 0 Å². The minimum Gasteiger partial charge on any atom is -0.476 e. The molecule has 1 aromatic heterocycles. The Hall–Kier alpha value is -1.33. The molecule has 0 spiro atoms. The molecule has 0 fully saturated rings. The highest BCUT2D eigenvalue weighted by molar-refractivity contribution is 5.46. The van der Waals surface area contributed by atoms with Crippen LogP contribution in [0.1, 0.15) is 13.8 Å². The van der Waals surface area contributed by atoms with E-state index in [0.29, 0.717) is 18.2 Å². The maximum Gasteiger partial charge on any atom is 0.237 e. The Morgan fingerprint density at radius 1 is 1.39 bits per heavy atom. The van der Waals surface area contributed by atoms with Crippen molar-refractivity contribution in [2.75, 3.05) is 40.1 Å². The molecule has 0 aliphatic carbocycles. The van der Waals surface area contributed by atoms with E-state index in [4.69, 9.17) is 15.6 Å². The molecule has 0 amide bonds. The smallest absolute Gasteiger partial charge is 0.237 e. The fourth-order valence-electron chi connectivity index (χ4n) is 1.69. The first-order valence-corrected chi connectivity index (χ1v) is 5.83. The number of hydrogen-bond acceptors (Lipinski definition) is 5. The maximum atomic E-state index is 7.00. The van der Waals surface area contributed by atoms with Crippen molar-refractivity contribution in [2.24, 2.45) is 5.41 Å². The van der Waals surface area contributed by atoms with Gasteiger partial charge in [0.05, 0.1) is 12.3 Å². The Balaban J connectivity index is 0.00000137. The van der Waals surface area contributed by atoms with Crippen LogP contribution in [0.15, 0.2) is 18.3 Å². The summed E-state index contributed by atoms with van der Waals surface area (Å²) in [6, 6.07) is 3.59. The van der Waals surface area contributed by atoms with E-state index in [1.165, 1.54) is 0 Å². The molecule has 18 heavy (non-hydrogen) atoms. The molecule has 0 saturated carbocycles. The number of rotatable bonds is 5. The van der Waals surface area contributed by atoms with Gasteiger partial charge in [0.1, 0.15) is 0 Å². The van der Waals surface area contributed by atoms with E-state index in [9.17, 15) is 0 Å². The van der Waals surface area contributed by atoms with E-state index < -0.39 is 0 Å². The largest absolute Gasteiger partial charge is 0.476 e. The lowest BCUT2D eigenvalue weighted by Crippen LogP contribution is -2.33. The number of nitrogens with zero attached hydrogens (tertiary/aromatic N) is 2. The summed E-state index contributed by atoms with van der Waals surface area (Å²) in [4.78, 5) is 6.24. The van der Waals surface area contributed by atoms with Crippen LogP contribution in [0.5, 0.6) is 5.88 Å². The van der Waals surface area contributed by atoms with Crippen molar-refractivity contribution in [3.8, 4) is 5.88 Å². The van der Waals surface area contributed by atoms with Crippen molar-refractivity contribution in [3.63, 3.8) is 0 Å². The number of nitrogens with two attached hydrogens (primary N) is 1. The minimum absolute atomic E-state index is 0.0768. The van der Waals surface area contributed by atoms with Gasteiger partial charge in [0.25, 0.3) is 0 Å². The number of ether oxygens (including phenoxy) is 1. The molecule has 0 atom stereocenters. The number of aromatic nitrogens is 1. The molecule has 1 rings (SSSR count). The zero-order valence-electron chi connectivity index (χ0n) is 12.0. The summed E-state index contributed by atoms with van der Waals surface area (Å²) in [6.45, 7) is 5.88. The molecule has 0 unspecified atom stereocenters. The molecule has 5 nitrogen and oxygen atoms in total. The van der Waals surface area contributed by atoms with Gasteiger partial charge in [0.15, 0.2) is 0 Å². The highest BCUT2D eigenvalue weighted by Crippen LogP contribution is 2.21. The highest BCUT2D eigenvalue weighted by Gasteiger charge is 2.20. The van der Waals surface area contributed by atoms with Gasteiger partial charge in [-0.1, -0.05) is 13.8 Å². The Bertz CT molecular complexity index is 341. The van der Waals surface area contributed by atoms with Gasteiger partial charge in [-0.15, -0.1) is 0 Å². The molecule has 0 aliphatic heterocycles. The average molecular weight is 255 g/mol. The predicted molar refractivity (Wildman–Crippen MR) is 74.6 cm³/mol. The van der Waals surface area contributed by atoms with E-state index >= 15 is 0 Å². The van der Waals surface area contributed by atoms with Crippen LogP contribution in [0.2, 0.25) is 0 Å². The van der Waals surface area contributed by atoms with Gasteiger partial charge in [-0.2, -0.15) is 0 Å². The van der Waals surface area contributed by atoms with Gasteiger partial charge in [0.2, 0.25) is 5.88 Å². The topological polar surface area (TPSA) is 71.6 Å². The zero-order valence-corrected chi connectivity index (χ0v) is 12.0. The Morgan fingerprint density at radius 3 is 2.50 bits per heavy atom. The van der Waals surface area contributed by atoms with Gasteiger partial charge in [-0.05, 0) is 26.2 Å². The second-order valence-corrected chi connectivity index (χ2v) is 5.09. The number of nitrogen functional groups attached to an aromatic ring is 1. The molecule has 0 aromatic carbocycles. The third-order valence-corrected chi connectivity index (χ3v) is 2.14. The lowest BCUT2D eigenvalue weighted by molar-refractivity contribution is 0.138. The van der Waals surface area contributed by atoms with Crippen molar-refractivity contribution in [1.82, 2.24) is 9.88 Å².